The van der Waals surface area contributed by atoms with Crippen LogP contribution in [0.25, 0.3) is 22.3 Å². The van der Waals surface area contributed by atoms with E-state index < -0.39 is 5.91 Å². The number of methoxy groups -OCH3 is 1. The number of aromatic nitrogens is 1. The van der Waals surface area contributed by atoms with E-state index in [1.54, 1.807) is 24.3 Å². The number of anilines is 1. The summed E-state index contributed by atoms with van der Waals surface area (Å²) in [5.41, 5.74) is 11.7. The first kappa shape index (κ1) is 25.8. The first-order valence-corrected chi connectivity index (χ1v) is 12.3. The smallest absolute Gasteiger partial charge is 0.265 e. The number of carbonyl (C=O) groups excluding carboxylic acids is 3. The highest BCUT2D eigenvalue weighted by Gasteiger charge is 2.25. The van der Waals surface area contributed by atoms with E-state index in [4.69, 9.17) is 10.5 Å². The van der Waals surface area contributed by atoms with Crippen LogP contribution < -0.4 is 21.1 Å². The summed E-state index contributed by atoms with van der Waals surface area (Å²) in [5.74, 6) is -0.145. The molecule has 1 aromatic heterocycles. The molecule has 192 valence electrons. The summed E-state index contributed by atoms with van der Waals surface area (Å²) in [6.07, 6.45) is 4.71. The lowest BCUT2D eigenvalue weighted by Gasteiger charge is -2.25. The number of hydrogen-bond donors (Lipinski definition) is 4. The van der Waals surface area contributed by atoms with Crippen molar-refractivity contribution in [2.24, 2.45) is 11.7 Å². The number of benzene rings is 2. The zero-order valence-electron chi connectivity index (χ0n) is 21.4. The van der Waals surface area contributed by atoms with E-state index in [-0.39, 0.29) is 17.5 Å². The van der Waals surface area contributed by atoms with Crippen LogP contribution in [0.4, 0.5) is 5.69 Å². The second-order valence-electron chi connectivity index (χ2n) is 9.38. The minimum Gasteiger partial charge on any atom is -0.496 e. The molecule has 1 aliphatic rings. The molecule has 0 unspecified atom stereocenters. The predicted octanol–water partition coefficient (Wildman–Crippen LogP) is 4.73. The standard InChI is InChI=1S/C29H32N4O4/c1-5-24(34)33-20-10-12-21(16(2)13-20)25-17(3)32-27(28(30)35)26(25)19-9-11-22(23(14-19)37-4)29(36)31-15-18-7-6-8-18/h5,9-14,18,32H,1,6-8,15H2,2-4H3,(H2,30,35)(H,31,36)(H,33,34). The van der Waals surface area contributed by atoms with Gasteiger partial charge in [-0.15, -0.1) is 0 Å². The van der Waals surface area contributed by atoms with E-state index in [1.807, 2.05) is 26.0 Å². The van der Waals surface area contributed by atoms with Crippen molar-refractivity contribution in [2.45, 2.75) is 33.1 Å². The van der Waals surface area contributed by atoms with Crippen molar-refractivity contribution >= 4 is 23.4 Å². The first-order chi connectivity index (χ1) is 17.7. The number of rotatable bonds is 9. The maximum atomic E-state index is 12.9. The Morgan fingerprint density at radius 1 is 1.14 bits per heavy atom. The number of hydrogen-bond acceptors (Lipinski definition) is 4. The third-order valence-corrected chi connectivity index (χ3v) is 6.89. The molecule has 1 heterocycles. The van der Waals surface area contributed by atoms with E-state index in [2.05, 4.69) is 22.2 Å². The zero-order chi connectivity index (χ0) is 26.7. The Kier molecular flexibility index (Phi) is 7.47. The molecule has 2 aromatic carbocycles. The summed E-state index contributed by atoms with van der Waals surface area (Å²) >= 11 is 0. The average Bonchev–Trinajstić information content (AvgIpc) is 3.19. The highest BCUT2D eigenvalue weighted by molar-refractivity contribution is 6.05. The Balaban J connectivity index is 1.76. The van der Waals surface area contributed by atoms with Gasteiger partial charge in [0.15, 0.2) is 0 Å². The third-order valence-electron chi connectivity index (χ3n) is 6.89. The Morgan fingerprint density at radius 2 is 1.89 bits per heavy atom. The zero-order valence-corrected chi connectivity index (χ0v) is 21.4. The van der Waals surface area contributed by atoms with E-state index in [0.717, 1.165) is 35.2 Å². The van der Waals surface area contributed by atoms with Crippen LogP contribution in [0.2, 0.25) is 0 Å². The van der Waals surface area contributed by atoms with Gasteiger partial charge in [-0.25, -0.2) is 0 Å². The van der Waals surface area contributed by atoms with Gasteiger partial charge >= 0.3 is 0 Å². The van der Waals surface area contributed by atoms with Crippen LogP contribution in [0.5, 0.6) is 5.75 Å². The van der Waals surface area contributed by atoms with Gasteiger partial charge in [0, 0.05) is 29.1 Å². The van der Waals surface area contributed by atoms with Gasteiger partial charge in [-0.2, -0.15) is 0 Å². The second-order valence-corrected chi connectivity index (χ2v) is 9.38. The van der Waals surface area contributed by atoms with Crippen LogP contribution in [0, 0.1) is 19.8 Å². The van der Waals surface area contributed by atoms with Gasteiger partial charge in [-0.05, 0) is 79.6 Å². The molecule has 1 fully saturated rings. The fourth-order valence-electron chi connectivity index (χ4n) is 4.71. The number of nitrogens with two attached hydrogens (primary N) is 1. The Morgan fingerprint density at radius 3 is 2.49 bits per heavy atom. The number of amides is 3. The summed E-state index contributed by atoms with van der Waals surface area (Å²) in [5, 5.41) is 5.76. The molecule has 0 aliphatic heterocycles. The monoisotopic (exact) mass is 500 g/mol. The van der Waals surface area contributed by atoms with Crippen LogP contribution >= 0.6 is 0 Å². The van der Waals surface area contributed by atoms with Crippen molar-refractivity contribution in [3.05, 3.63) is 71.6 Å². The number of aromatic amines is 1. The van der Waals surface area contributed by atoms with Crippen molar-refractivity contribution in [2.75, 3.05) is 19.0 Å². The minimum atomic E-state index is -0.599. The Labute approximate surface area is 216 Å². The summed E-state index contributed by atoms with van der Waals surface area (Å²) in [6.45, 7) is 7.93. The molecule has 0 saturated heterocycles. The van der Waals surface area contributed by atoms with E-state index >= 15 is 0 Å². The van der Waals surface area contributed by atoms with Gasteiger partial charge < -0.3 is 26.1 Å². The molecule has 8 heteroatoms. The third kappa shape index (κ3) is 5.28. The lowest BCUT2D eigenvalue weighted by atomic mass is 9.85. The lowest BCUT2D eigenvalue weighted by Crippen LogP contribution is -2.32. The van der Waals surface area contributed by atoms with Gasteiger partial charge in [0.25, 0.3) is 11.8 Å². The number of primary amides is 1. The van der Waals surface area contributed by atoms with Gasteiger partial charge in [0.1, 0.15) is 11.4 Å². The quantitative estimate of drug-likeness (QED) is 0.317. The van der Waals surface area contributed by atoms with Gasteiger partial charge in [-0.3, -0.25) is 14.4 Å². The normalized spacial score (nSPS) is 12.9. The molecule has 4 rings (SSSR count). The molecular formula is C29H32N4O4. The van der Waals surface area contributed by atoms with Crippen molar-refractivity contribution in [1.82, 2.24) is 10.3 Å². The van der Waals surface area contributed by atoms with Crippen molar-refractivity contribution in [3.63, 3.8) is 0 Å². The number of aryl methyl sites for hydroxylation is 2. The van der Waals surface area contributed by atoms with E-state index in [1.165, 1.54) is 19.6 Å². The molecule has 0 radical (unpaired) electrons. The average molecular weight is 501 g/mol. The molecule has 8 nitrogen and oxygen atoms in total. The molecule has 0 atom stereocenters. The minimum absolute atomic E-state index is 0.191. The fraction of sp³-hybridized carbons (Fsp3) is 0.276. The Bertz CT molecular complexity index is 1380. The maximum absolute atomic E-state index is 12.9. The molecular weight excluding hydrogens is 468 g/mol. The molecule has 0 bridgehead atoms. The Hall–Kier alpha value is -4.33. The second kappa shape index (κ2) is 10.7. The molecule has 5 N–H and O–H groups in total. The molecule has 37 heavy (non-hydrogen) atoms. The van der Waals surface area contributed by atoms with Crippen LogP contribution in [0.1, 0.15) is 51.4 Å². The SMILES string of the molecule is C=CC(=O)Nc1ccc(-c2c(C)[nH]c(C(N)=O)c2-c2ccc(C(=O)NCC3CCC3)c(OC)c2)c(C)c1. The molecule has 3 aromatic rings. The lowest BCUT2D eigenvalue weighted by molar-refractivity contribution is -0.111. The highest BCUT2D eigenvalue weighted by Crippen LogP contribution is 2.41. The van der Waals surface area contributed by atoms with Crippen LogP contribution in [-0.2, 0) is 4.79 Å². The van der Waals surface area contributed by atoms with Crippen LogP contribution in [0.3, 0.4) is 0 Å². The molecule has 1 saturated carbocycles. The molecule has 0 spiro atoms. The molecule has 1 aliphatic carbocycles. The number of H-pyrrole nitrogens is 1. The highest BCUT2D eigenvalue weighted by atomic mass is 16.5. The van der Waals surface area contributed by atoms with Crippen LogP contribution in [-0.4, -0.2) is 36.4 Å². The van der Waals surface area contributed by atoms with Crippen molar-refractivity contribution < 1.29 is 19.1 Å². The number of ether oxygens (including phenoxy) is 1. The van der Waals surface area contributed by atoms with Gasteiger partial charge in [0.05, 0.1) is 12.7 Å². The van der Waals surface area contributed by atoms with Crippen LogP contribution in [0.15, 0.2) is 49.1 Å². The summed E-state index contributed by atoms with van der Waals surface area (Å²) < 4.78 is 5.58. The summed E-state index contributed by atoms with van der Waals surface area (Å²) in [7, 11) is 1.51. The van der Waals surface area contributed by atoms with E-state index in [9.17, 15) is 14.4 Å². The predicted molar refractivity (Wildman–Crippen MR) is 145 cm³/mol. The molecule has 3 amide bonds. The number of nitrogens with one attached hydrogen (secondary N) is 3. The topological polar surface area (TPSA) is 126 Å². The van der Waals surface area contributed by atoms with Crippen molar-refractivity contribution in [1.29, 1.82) is 0 Å². The fourth-order valence-corrected chi connectivity index (χ4v) is 4.71. The van der Waals surface area contributed by atoms with Gasteiger partial charge in [-0.1, -0.05) is 25.1 Å². The van der Waals surface area contributed by atoms with E-state index in [0.29, 0.717) is 40.6 Å². The summed E-state index contributed by atoms with van der Waals surface area (Å²) in [6, 6.07) is 10.8. The number of carbonyl (C=O) groups is 3. The maximum Gasteiger partial charge on any atom is 0.265 e. The first-order valence-electron chi connectivity index (χ1n) is 12.3. The van der Waals surface area contributed by atoms with Gasteiger partial charge in [0.2, 0.25) is 5.91 Å². The van der Waals surface area contributed by atoms with Crippen molar-refractivity contribution in [3.8, 4) is 28.0 Å². The summed E-state index contributed by atoms with van der Waals surface area (Å²) in [4.78, 5) is 40.1. The largest absolute Gasteiger partial charge is 0.496 e.